The van der Waals surface area contributed by atoms with E-state index in [1.807, 2.05) is 32.6 Å². The Kier molecular flexibility index (Phi) is 6.24. The largest absolute Gasteiger partial charge is 0.342 e. The van der Waals surface area contributed by atoms with Crippen molar-refractivity contribution < 1.29 is 9.59 Å². The maximum atomic E-state index is 12.7. The Morgan fingerprint density at radius 1 is 1.24 bits per heavy atom. The van der Waals surface area contributed by atoms with Crippen LogP contribution in [0.2, 0.25) is 0 Å². The van der Waals surface area contributed by atoms with E-state index in [0.29, 0.717) is 12.5 Å². The summed E-state index contributed by atoms with van der Waals surface area (Å²) in [5.74, 6) is 0.725. The van der Waals surface area contributed by atoms with Gasteiger partial charge >= 0.3 is 0 Å². The Morgan fingerprint density at radius 2 is 1.86 bits per heavy atom. The van der Waals surface area contributed by atoms with Gasteiger partial charge in [0.1, 0.15) is 12.1 Å². The molecule has 1 aliphatic heterocycles. The van der Waals surface area contributed by atoms with Crippen LogP contribution in [0.4, 0.5) is 0 Å². The number of hydrogen-bond donors (Lipinski definition) is 1. The molecule has 1 N–H and O–H groups in total. The minimum atomic E-state index is -0.356. The molecule has 1 aliphatic rings. The van der Waals surface area contributed by atoms with Crippen molar-refractivity contribution >= 4 is 11.8 Å². The standard InChI is InChI=1S/C17H32N2O2/c1-7-9-13-16(21)19(11-8-10-12(2)3)14(15(20)18-13)17(4,5)6/h12-14H,7-11H2,1-6H3,(H,18,20). The normalized spacial score (nSPS) is 23.7. The average molecular weight is 296 g/mol. The van der Waals surface area contributed by atoms with E-state index in [0.717, 1.165) is 25.7 Å². The van der Waals surface area contributed by atoms with Crippen molar-refractivity contribution in [2.24, 2.45) is 11.3 Å². The van der Waals surface area contributed by atoms with Crippen LogP contribution in [0, 0.1) is 11.3 Å². The quantitative estimate of drug-likeness (QED) is 0.819. The number of nitrogens with zero attached hydrogens (tertiary/aromatic N) is 1. The molecule has 0 aromatic rings. The molecule has 122 valence electrons. The first-order valence-electron chi connectivity index (χ1n) is 8.29. The van der Waals surface area contributed by atoms with Gasteiger partial charge in [-0.2, -0.15) is 0 Å². The molecule has 0 aromatic carbocycles. The molecule has 0 bridgehead atoms. The predicted molar refractivity (Wildman–Crippen MR) is 85.9 cm³/mol. The van der Waals surface area contributed by atoms with Gasteiger partial charge in [0, 0.05) is 6.54 Å². The molecule has 2 atom stereocenters. The molecule has 21 heavy (non-hydrogen) atoms. The fraction of sp³-hybridized carbons (Fsp3) is 0.882. The van der Waals surface area contributed by atoms with Gasteiger partial charge < -0.3 is 10.2 Å². The van der Waals surface area contributed by atoms with Crippen LogP contribution in [0.15, 0.2) is 0 Å². The Balaban J connectivity index is 2.89. The first-order valence-corrected chi connectivity index (χ1v) is 8.29. The summed E-state index contributed by atoms with van der Waals surface area (Å²) >= 11 is 0. The Hall–Kier alpha value is -1.06. The average Bonchev–Trinajstić information content (AvgIpc) is 2.32. The zero-order valence-corrected chi connectivity index (χ0v) is 14.5. The number of hydrogen-bond acceptors (Lipinski definition) is 2. The van der Waals surface area contributed by atoms with E-state index >= 15 is 0 Å². The highest BCUT2D eigenvalue weighted by Gasteiger charge is 2.45. The first-order chi connectivity index (χ1) is 9.68. The third kappa shape index (κ3) is 4.72. The Morgan fingerprint density at radius 3 is 2.33 bits per heavy atom. The summed E-state index contributed by atoms with van der Waals surface area (Å²) < 4.78 is 0. The van der Waals surface area contributed by atoms with E-state index in [4.69, 9.17) is 0 Å². The molecular formula is C17H32N2O2. The second-order valence-electron chi connectivity index (χ2n) is 7.69. The summed E-state index contributed by atoms with van der Waals surface area (Å²) in [5, 5.41) is 2.92. The Bertz CT molecular complexity index is 371. The molecule has 1 rings (SSSR count). The van der Waals surface area contributed by atoms with Gasteiger partial charge in [0.25, 0.3) is 0 Å². The van der Waals surface area contributed by atoms with Crippen LogP contribution < -0.4 is 5.32 Å². The molecule has 1 saturated heterocycles. The van der Waals surface area contributed by atoms with Gasteiger partial charge in [-0.05, 0) is 30.6 Å². The zero-order valence-electron chi connectivity index (χ0n) is 14.5. The number of carbonyl (C=O) groups excluding carboxylic acids is 2. The zero-order chi connectivity index (χ0) is 16.2. The molecule has 0 radical (unpaired) electrons. The van der Waals surface area contributed by atoms with Gasteiger partial charge in [0.05, 0.1) is 0 Å². The summed E-state index contributed by atoms with van der Waals surface area (Å²) in [4.78, 5) is 27.0. The molecule has 0 saturated carbocycles. The van der Waals surface area contributed by atoms with Crippen LogP contribution in [0.25, 0.3) is 0 Å². The summed E-state index contributed by atoms with van der Waals surface area (Å²) in [6, 6.07) is -0.689. The number of nitrogens with one attached hydrogen (secondary N) is 1. The van der Waals surface area contributed by atoms with E-state index in [2.05, 4.69) is 19.2 Å². The second kappa shape index (κ2) is 7.28. The van der Waals surface area contributed by atoms with Crippen molar-refractivity contribution in [2.45, 2.75) is 79.3 Å². The molecule has 2 unspecified atom stereocenters. The van der Waals surface area contributed by atoms with E-state index < -0.39 is 0 Å². The lowest BCUT2D eigenvalue weighted by molar-refractivity contribution is -0.154. The topological polar surface area (TPSA) is 49.4 Å². The minimum Gasteiger partial charge on any atom is -0.342 e. The van der Waals surface area contributed by atoms with Crippen molar-refractivity contribution in [2.75, 3.05) is 6.54 Å². The molecule has 1 heterocycles. The van der Waals surface area contributed by atoms with E-state index in [1.165, 1.54) is 0 Å². The van der Waals surface area contributed by atoms with Crippen LogP contribution in [0.5, 0.6) is 0 Å². The van der Waals surface area contributed by atoms with Crippen LogP contribution in [-0.2, 0) is 9.59 Å². The Labute approximate surface area is 129 Å². The van der Waals surface area contributed by atoms with Crippen LogP contribution in [0.3, 0.4) is 0 Å². The molecule has 0 spiro atoms. The smallest absolute Gasteiger partial charge is 0.245 e. The number of amides is 2. The van der Waals surface area contributed by atoms with Crippen molar-refractivity contribution in [3.8, 4) is 0 Å². The third-order valence-corrected chi connectivity index (χ3v) is 4.04. The van der Waals surface area contributed by atoms with E-state index in [9.17, 15) is 9.59 Å². The predicted octanol–water partition coefficient (Wildman–Crippen LogP) is 2.96. The SMILES string of the molecule is CCCC1NC(=O)C(C(C)(C)C)N(CCCC(C)C)C1=O. The maximum absolute atomic E-state index is 12.7. The van der Waals surface area contributed by atoms with Gasteiger partial charge in [0.15, 0.2) is 0 Å². The lowest BCUT2D eigenvalue weighted by Crippen LogP contribution is -2.66. The van der Waals surface area contributed by atoms with Crippen LogP contribution >= 0.6 is 0 Å². The van der Waals surface area contributed by atoms with E-state index in [-0.39, 0.29) is 29.3 Å². The van der Waals surface area contributed by atoms with Gasteiger partial charge in [-0.1, -0.05) is 48.0 Å². The summed E-state index contributed by atoms with van der Waals surface area (Å²) in [7, 11) is 0. The molecule has 1 fully saturated rings. The molecule has 0 aromatic heterocycles. The molecule has 4 heteroatoms. The third-order valence-electron chi connectivity index (χ3n) is 4.04. The number of piperazine rings is 1. The van der Waals surface area contributed by atoms with Crippen molar-refractivity contribution in [1.29, 1.82) is 0 Å². The van der Waals surface area contributed by atoms with Crippen LogP contribution in [0.1, 0.15) is 67.2 Å². The highest BCUT2D eigenvalue weighted by atomic mass is 16.2. The van der Waals surface area contributed by atoms with Crippen molar-refractivity contribution in [1.82, 2.24) is 10.2 Å². The monoisotopic (exact) mass is 296 g/mol. The van der Waals surface area contributed by atoms with Gasteiger partial charge in [-0.25, -0.2) is 0 Å². The number of carbonyl (C=O) groups is 2. The fourth-order valence-corrected chi connectivity index (χ4v) is 3.04. The van der Waals surface area contributed by atoms with Gasteiger partial charge in [-0.15, -0.1) is 0 Å². The fourth-order valence-electron chi connectivity index (χ4n) is 3.04. The highest BCUT2D eigenvalue weighted by molar-refractivity contribution is 5.97. The molecule has 4 nitrogen and oxygen atoms in total. The molecular weight excluding hydrogens is 264 g/mol. The lowest BCUT2D eigenvalue weighted by atomic mass is 9.82. The van der Waals surface area contributed by atoms with E-state index in [1.54, 1.807) is 0 Å². The molecule has 2 amide bonds. The summed E-state index contributed by atoms with van der Waals surface area (Å²) in [6.07, 6.45) is 3.67. The van der Waals surface area contributed by atoms with Gasteiger partial charge in [0.2, 0.25) is 11.8 Å². The highest BCUT2D eigenvalue weighted by Crippen LogP contribution is 2.29. The van der Waals surface area contributed by atoms with Crippen LogP contribution in [-0.4, -0.2) is 35.3 Å². The lowest BCUT2D eigenvalue weighted by Gasteiger charge is -2.45. The number of rotatable bonds is 6. The minimum absolute atomic E-state index is 0.00472. The second-order valence-corrected chi connectivity index (χ2v) is 7.69. The summed E-state index contributed by atoms with van der Waals surface area (Å²) in [5.41, 5.74) is -0.241. The summed E-state index contributed by atoms with van der Waals surface area (Å²) in [6.45, 7) is 13.2. The first kappa shape index (κ1) is 18.0. The van der Waals surface area contributed by atoms with Gasteiger partial charge in [-0.3, -0.25) is 9.59 Å². The molecule has 0 aliphatic carbocycles. The maximum Gasteiger partial charge on any atom is 0.245 e. The van der Waals surface area contributed by atoms with Crippen molar-refractivity contribution in [3.05, 3.63) is 0 Å². The van der Waals surface area contributed by atoms with Crippen molar-refractivity contribution in [3.63, 3.8) is 0 Å².